The minimum atomic E-state index is 0.864. The molecule has 15 heavy (non-hydrogen) atoms. The maximum absolute atomic E-state index is 2.45. The average Bonchev–Trinajstić information content (AvgIpc) is 2.23. The summed E-state index contributed by atoms with van der Waals surface area (Å²) in [6.07, 6.45) is 13.1. The first-order valence-electron chi connectivity index (χ1n) is 7.04. The predicted molar refractivity (Wildman–Crippen MR) is 66.9 cm³/mol. The van der Waals surface area contributed by atoms with Gasteiger partial charge in [-0.3, -0.25) is 0 Å². The van der Waals surface area contributed by atoms with E-state index >= 15 is 0 Å². The molecule has 0 heteroatoms. The zero-order valence-corrected chi connectivity index (χ0v) is 10.5. The molecule has 1 unspecified atom stereocenters. The standard InChI is InChI=1S/C15H26/c1-3-12(2)15(14-10-7-11-14)13-8-5-4-6-9-13/h12-13H,3-11H2,1-2H3. The summed E-state index contributed by atoms with van der Waals surface area (Å²) in [5.74, 6) is 1.84. The van der Waals surface area contributed by atoms with Crippen LogP contribution < -0.4 is 0 Å². The first kappa shape index (κ1) is 11.2. The van der Waals surface area contributed by atoms with Crippen LogP contribution in [0.2, 0.25) is 0 Å². The second-order valence-corrected chi connectivity index (χ2v) is 5.56. The van der Waals surface area contributed by atoms with Crippen molar-refractivity contribution >= 4 is 0 Å². The van der Waals surface area contributed by atoms with Gasteiger partial charge in [0.05, 0.1) is 0 Å². The molecular weight excluding hydrogens is 180 g/mol. The minimum absolute atomic E-state index is 0.864. The van der Waals surface area contributed by atoms with E-state index in [1.807, 2.05) is 11.1 Å². The van der Waals surface area contributed by atoms with E-state index in [4.69, 9.17) is 0 Å². The summed E-state index contributed by atoms with van der Waals surface area (Å²) in [6.45, 7) is 4.81. The van der Waals surface area contributed by atoms with Gasteiger partial charge in [-0.05, 0) is 50.4 Å². The first-order valence-corrected chi connectivity index (χ1v) is 7.04. The number of hydrogen-bond acceptors (Lipinski definition) is 0. The third kappa shape index (κ3) is 2.46. The fourth-order valence-electron chi connectivity index (χ4n) is 3.32. The van der Waals surface area contributed by atoms with Crippen LogP contribution in [0.1, 0.15) is 71.6 Å². The predicted octanol–water partition coefficient (Wildman–Crippen LogP) is 5.09. The molecule has 0 aliphatic heterocycles. The van der Waals surface area contributed by atoms with Crippen LogP contribution in [0, 0.1) is 11.8 Å². The lowest BCUT2D eigenvalue weighted by molar-refractivity contribution is 0.363. The van der Waals surface area contributed by atoms with Crippen molar-refractivity contribution in [3.63, 3.8) is 0 Å². The van der Waals surface area contributed by atoms with E-state index in [1.54, 1.807) is 0 Å². The van der Waals surface area contributed by atoms with E-state index in [0.29, 0.717) is 0 Å². The van der Waals surface area contributed by atoms with Crippen molar-refractivity contribution in [3.05, 3.63) is 11.1 Å². The van der Waals surface area contributed by atoms with Crippen LogP contribution in [0.5, 0.6) is 0 Å². The van der Waals surface area contributed by atoms with Crippen molar-refractivity contribution < 1.29 is 0 Å². The number of allylic oxidation sites excluding steroid dienone is 2. The minimum Gasteiger partial charge on any atom is -0.0704 e. The SMILES string of the molecule is CCC(C)C(=C1CCC1)C1CCCCC1. The molecule has 0 spiro atoms. The van der Waals surface area contributed by atoms with Crippen molar-refractivity contribution in [2.75, 3.05) is 0 Å². The smallest absolute Gasteiger partial charge is 0.0198 e. The van der Waals surface area contributed by atoms with Crippen LogP contribution in [-0.2, 0) is 0 Å². The maximum atomic E-state index is 2.45. The molecule has 0 N–H and O–H groups in total. The van der Waals surface area contributed by atoms with Gasteiger partial charge < -0.3 is 0 Å². The second kappa shape index (κ2) is 5.18. The highest BCUT2D eigenvalue weighted by molar-refractivity contribution is 5.24. The summed E-state index contributed by atoms with van der Waals surface area (Å²) >= 11 is 0. The van der Waals surface area contributed by atoms with Gasteiger partial charge in [0.25, 0.3) is 0 Å². The summed E-state index contributed by atoms with van der Waals surface area (Å²) < 4.78 is 0. The van der Waals surface area contributed by atoms with E-state index in [2.05, 4.69) is 13.8 Å². The van der Waals surface area contributed by atoms with Crippen molar-refractivity contribution in [2.24, 2.45) is 11.8 Å². The summed E-state index contributed by atoms with van der Waals surface area (Å²) in [5, 5.41) is 0. The lowest BCUT2D eigenvalue weighted by Gasteiger charge is -2.34. The van der Waals surface area contributed by atoms with E-state index < -0.39 is 0 Å². The number of hydrogen-bond donors (Lipinski definition) is 0. The summed E-state index contributed by atoms with van der Waals surface area (Å²) in [5.41, 5.74) is 3.76. The van der Waals surface area contributed by atoms with Crippen LogP contribution in [-0.4, -0.2) is 0 Å². The van der Waals surface area contributed by atoms with Gasteiger partial charge in [0.2, 0.25) is 0 Å². The normalized spacial score (nSPS) is 24.8. The quantitative estimate of drug-likeness (QED) is 0.564. The highest BCUT2D eigenvalue weighted by Crippen LogP contribution is 2.41. The molecule has 86 valence electrons. The molecule has 0 aromatic carbocycles. The zero-order chi connectivity index (χ0) is 10.7. The molecule has 0 bridgehead atoms. The fourth-order valence-corrected chi connectivity index (χ4v) is 3.32. The van der Waals surface area contributed by atoms with Gasteiger partial charge in [-0.25, -0.2) is 0 Å². The molecule has 1 atom stereocenters. The molecule has 0 aromatic rings. The first-order chi connectivity index (χ1) is 7.33. The highest BCUT2D eigenvalue weighted by Gasteiger charge is 2.26. The van der Waals surface area contributed by atoms with Gasteiger partial charge in [-0.1, -0.05) is 44.3 Å². The van der Waals surface area contributed by atoms with Gasteiger partial charge in [-0.2, -0.15) is 0 Å². The molecular formula is C15H26. The van der Waals surface area contributed by atoms with Crippen molar-refractivity contribution in [2.45, 2.75) is 71.6 Å². The summed E-state index contributed by atoms with van der Waals surface area (Å²) in [6, 6.07) is 0. The monoisotopic (exact) mass is 206 g/mol. The Morgan fingerprint density at radius 3 is 2.27 bits per heavy atom. The lowest BCUT2D eigenvalue weighted by Crippen LogP contribution is -2.19. The van der Waals surface area contributed by atoms with E-state index in [9.17, 15) is 0 Å². The summed E-state index contributed by atoms with van der Waals surface area (Å²) in [7, 11) is 0. The van der Waals surface area contributed by atoms with E-state index in [-0.39, 0.29) is 0 Å². The second-order valence-electron chi connectivity index (χ2n) is 5.56. The third-order valence-corrected chi connectivity index (χ3v) is 4.55. The van der Waals surface area contributed by atoms with Gasteiger partial charge in [0.1, 0.15) is 0 Å². The van der Waals surface area contributed by atoms with Gasteiger partial charge in [0, 0.05) is 0 Å². The topological polar surface area (TPSA) is 0 Å². The molecule has 2 aliphatic carbocycles. The van der Waals surface area contributed by atoms with E-state index in [1.165, 1.54) is 57.8 Å². The zero-order valence-electron chi connectivity index (χ0n) is 10.5. The molecule has 2 fully saturated rings. The Balaban J connectivity index is 2.10. The van der Waals surface area contributed by atoms with Crippen LogP contribution in [0.15, 0.2) is 11.1 Å². The average molecular weight is 206 g/mol. The summed E-state index contributed by atoms with van der Waals surface area (Å²) in [4.78, 5) is 0. The van der Waals surface area contributed by atoms with Crippen LogP contribution in [0.25, 0.3) is 0 Å². The Morgan fingerprint density at radius 2 is 1.80 bits per heavy atom. The van der Waals surface area contributed by atoms with Crippen molar-refractivity contribution in [1.29, 1.82) is 0 Å². The third-order valence-electron chi connectivity index (χ3n) is 4.55. The molecule has 2 aliphatic rings. The van der Waals surface area contributed by atoms with Gasteiger partial charge in [0.15, 0.2) is 0 Å². The van der Waals surface area contributed by atoms with Crippen LogP contribution >= 0.6 is 0 Å². The molecule has 0 heterocycles. The molecule has 0 saturated heterocycles. The Labute approximate surface area is 95.1 Å². The fraction of sp³-hybridized carbons (Fsp3) is 0.867. The Kier molecular flexibility index (Phi) is 3.88. The largest absolute Gasteiger partial charge is 0.0704 e. The highest BCUT2D eigenvalue weighted by atomic mass is 14.3. The molecule has 2 rings (SSSR count). The van der Waals surface area contributed by atoms with Crippen molar-refractivity contribution in [3.8, 4) is 0 Å². The lowest BCUT2D eigenvalue weighted by atomic mass is 9.72. The molecule has 0 radical (unpaired) electrons. The van der Waals surface area contributed by atoms with E-state index in [0.717, 1.165) is 11.8 Å². The molecule has 0 aromatic heterocycles. The molecule has 0 nitrogen and oxygen atoms in total. The van der Waals surface area contributed by atoms with Crippen molar-refractivity contribution in [1.82, 2.24) is 0 Å². The Bertz CT molecular complexity index is 224. The van der Waals surface area contributed by atoms with Gasteiger partial charge in [-0.15, -0.1) is 0 Å². The van der Waals surface area contributed by atoms with Gasteiger partial charge >= 0.3 is 0 Å². The Morgan fingerprint density at radius 1 is 1.13 bits per heavy atom. The number of rotatable bonds is 3. The maximum Gasteiger partial charge on any atom is -0.0198 e. The molecule has 2 saturated carbocycles. The van der Waals surface area contributed by atoms with Crippen LogP contribution in [0.3, 0.4) is 0 Å². The van der Waals surface area contributed by atoms with Crippen LogP contribution in [0.4, 0.5) is 0 Å². The molecule has 0 amide bonds. The Hall–Kier alpha value is -0.260.